The fourth-order valence-corrected chi connectivity index (χ4v) is 1.55. The van der Waals surface area contributed by atoms with Crippen LogP contribution < -0.4 is 10.1 Å². The molecule has 96 valence electrons. The highest BCUT2D eigenvalue weighted by Gasteiger charge is 2.07. The Labute approximate surface area is 104 Å². The summed E-state index contributed by atoms with van der Waals surface area (Å²) in [4.78, 5) is 0. The molecule has 0 radical (unpaired) electrons. The van der Waals surface area contributed by atoms with E-state index in [2.05, 4.69) is 26.1 Å². The van der Waals surface area contributed by atoms with Gasteiger partial charge in [-0.3, -0.25) is 0 Å². The third-order valence-corrected chi connectivity index (χ3v) is 2.55. The smallest absolute Gasteiger partial charge is 0.122 e. The van der Waals surface area contributed by atoms with E-state index in [1.165, 1.54) is 5.56 Å². The molecule has 0 fully saturated rings. The van der Waals surface area contributed by atoms with Gasteiger partial charge in [-0.15, -0.1) is 0 Å². The number of rotatable bonds is 7. The number of aryl methyl sites for hydroxylation is 1. The van der Waals surface area contributed by atoms with Crippen molar-refractivity contribution in [3.05, 3.63) is 29.8 Å². The Morgan fingerprint density at radius 2 is 2.00 bits per heavy atom. The molecule has 0 unspecified atom stereocenters. The van der Waals surface area contributed by atoms with Crippen LogP contribution in [0.5, 0.6) is 5.75 Å². The van der Waals surface area contributed by atoms with Crippen molar-refractivity contribution in [2.24, 2.45) is 0 Å². The zero-order valence-electron chi connectivity index (χ0n) is 10.9. The van der Waals surface area contributed by atoms with E-state index in [4.69, 9.17) is 4.74 Å². The molecule has 0 saturated heterocycles. The molecule has 0 aliphatic heterocycles. The summed E-state index contributed by atoms with van der Waals surface area (Å²) < 4.78 is 5.63. The zero-order valence-corrected chi connectivity index (χ0v) is 10.9. The summed E-state index contributed by atoms with van der Waals surface area (Å²) in [6.45, 7) is 7.10. The number of hydrogen-bond donors (Lipinski definition) is 2. The van der Waals surface area contributed by atoms with E-state index in [-0.39, 0.29) is 0 Å². The van der Waals surface area contributed by atoms with Gasteiger partial charge in [0.2, 0.25) is 0 Å². The van der Waals surface area contributed by atoms with Crippen molar-refractivity contribution in [3.8, 4) is 5.75 Å². The van der Waals surface area contributed by atoms with Gasteiger partial charge in [-0.25, -0.2) is 0 Å². The Hall–Kier alpha value is -1.06. The normalized spacial score (nSPS) is 12.8. The number of benzene rings is 1. The number of aliphatic hydroxyl groups is 1. The van der Waals surface area contributed by atoms with E-state index in [1.807, 2.05) is 24.3 Å². The molecule has 0 bridgehead atoms. The monoisotopic (exact) mass is 237 g/mol. The molecule has 1 aromatic carbocycles. The summed E-state index contributed by atoms with van der Waals surface area (Å²) >= 11 is 0. The maximum atomic E-state index is 9.74. The van der Waals surface area contributed by atoms with Gasteiger partial charge in [0, 0.05) is 12.6 Å². The minimum atomic E-state index is -0.470. The molecular weight excluding hydrogens is 214 g/mol. The predicted molar refractivity (Wildman–Crippen MR) is 70.5 cm³/mol. The Bertz CT molecular complexity index is 326. The average Bonchev–Trinajstić information content (AvgIpc) is 2.34. The van der Waals surface area contributed by atoms with Crippen LogP contribution in [0, 0.1) is 0 Å². The molecule has 2 N–H and O–H groups in total. The topological polar surface area (TPSA) is 41.5 Å². The first kappa shape index (κ1) is 14.0. The van der Waals surface area contributed by atoms with Gasteiger partial charge >= 0.3 is 0 Å². The Morgan fingerprint density at radius 3 is 2.65 bits per heavy atom. The quantitative estimate of drug-likeness (QED) is 0.762. The van der Waals surface area contributed by atoms with Crippen molar-refractivity contribution in [1.29, 1.82) is 0 Å². The summed E-state index contributed by atoms with van der Waals surface area (Å²) in [5.41, 5.74) is 1.18. The molecule has 17 heavy (non-hydrogen) atoms. The fourth-order valence-electron chi connectivity index (χ4n) is 1.55. The highest BCUT2D eigenvalue weighted by Crippen LogP contribution is 2.18. The lowest BCUT2D eigenvalue weighted by molar-refractivity contribution is 0.104. The van der Waals surface area contributed by atoms with Crippen molar-refractivity contribution < 1.29 is 9.84 Å². The summed E-state index contributed by atoms with van der Waals surface area (Å²) in [7, 11) is 0. The third kappa shape index (κ3) is 5.20. The molecule has 0 aromatic heterocycles. The summed E-state index contributed by atoms with van der Waals surface area (Å²) in [5, 5.41) is 12.9. The van der Waals surface area contributed by atoms with Crippen molar-refractivity contribution in [3.63, 3.8) is 0 Å². The van der Waals surface area contributed by atoms with Crippen LogP contribution in [-0.4, -0.2) is 30.4 Å². The number of aliphatic hydroxyl groups excluding tert-OH is 1. The van der Waals surface area contributed by atoms with E-state index in [9.17, 15) is 5.11 Å². The molecule has 3 nitrogen and oxygen atoms in total. The van der Waals surface area contributed by atoms with Crippen LogP contribution in [0.1, 0.15) is 26.3 Å². The van der Waals surface area contributed by atoms with Crippen LogP contribution in [0.25, 0.3) is 0 Å². The van der Waals surface area contributed by atoms with Gasteiger partial charge < -0.3 is 15.2 Å². The highest BCUT2D eigenvalue weighted by molar-refractivity contribution is 5.33. The van der Waals surface area contributed by atoms with Crippen molar-refractivity contribution in [2.45, 2.75) is 39.3 Å². The predicted octanol–water partition coefficient (Wildman–Crippen LogP) is 1.99. The lowest BCUT2D eigenvalue weighted by Crippen LogP contribution is -2.35. The Morgan fingerprint density at radius 1 is 1.29 bits per heavy atom. The van der Waals surface area contributed by atoms with Gasteiger partial charge in [-0.05, 0) is 18.1 Å². The first-order chi connectivity index (χ1) is 8.13. The molecule has 0 spiro atoms. The maximum Gasteiger partial charge on any atom is 0.122 e. The minimum absolute atomic E-state index is 0.330. The van der Waals surface area contributed by atoms with E-state index in [0.717, 1.165) is 12.2 Å². The minimum Gasteiger partial charge on any atom is -0.491 e. The van der Waals surface area contributed by atoms with Gasteiger partial charge in [-0.1, -0.05) is 39.0 Å². The number of hydrogen-bond acceptors (Lipinski definition) is 3. The van der Waals surface area contributed by atoms with Crippen LogP contribution >= 0.6 is 0 Å². The zero-order chi connectivity index (χ0) is 12.7. The second-order valence-electron chi connectivity index (χ2n) is 4.49. The number of ether oxygens (including phenoxy) is 1. The van der Waals surface area contributed by atoms with Crippen LogP contribution in [0.3, 0.4) is 0 Å². The van der Waals surface area contributed by atoms with Gasteiger partial charge in [-0.2, -0.15) is 0 Å². The van der Waals surface area contributed by atoms with Crippen molar-refractivity contribution in [2.75, 3.05) is 13.2 Å². The molecular formula is C14H23NO2. The highest BCUT2D eigenvalue weighted by atomic mass is 16.5. The van der Waals surface area contributed by atoms with Gasteiger partial charge in [0.05, 0.1) is 0 Å². The molecule has 0 amide bonds. The van der Waals surface area contributed by atoms with Gasteiger partial charge in [0.1, 0.15) is 18.5 Å². The van der Waals surface area contributed by atoms with Crippen molar-refractivity contribution >= 4 is 0 Å². The van der Waals surface area contributed by atoms with Crippen LogP contribution in [0.15, 0.2) is 24.3 Å². The first-order valence-electron chi connectivity index (χ1n) is 6.25. The summed E-state index contributed by atoms with van der Waals surface area (Å²) in [5.74, 6) is 0.874. The standard InChI is InChI=1S/C14H23NO2/c1-4-12-7-5-6-8-14(12)17-10-13(16)9-15-11(2)3/h5-8,11,13,15-16H,4,9-10H2,1-3H3/t13-/m1/s1. The Balaban J connectivity index is 2.39. The fraction of sp³-hybridized carbons (Fsp3) is 0.571. The van der Waals surface area contributed by atoms with E-state index >= 15 is 0 Å². The molecule has 0 saturated carbocycles. The summed E-state index contributed by atoms with van der Waals surface area (Å²) in [6, 6.07) is 8.33. The molecule has 0 heterocycles. The third-order valence-electron chi connectivity index (χ3n) is 2.55. The lowest BCUT2D eigenvalue weighted by Gasteiger charge is -2.16. The second-order valence-corrected chi connectivity index (χ2v) is 4.49. The lowest BCUT2D eigenvalue weighted by atomic mass is 10.1. The summed E-state index contributed by atoms with van der Waals surface area (Å²) in [6.07, 6.45) is 0.471. The molecule has 0 aliphatic rings. The number of nitrogens with one attached hydrogen (secondary N) is 1. The molecule has 1 rings (SSSR count). The van der Waals surface area contributed by atoms with Crippen molar-refractivity contribution in [1.82, 2.24) is 5.32 Å². The first-order valence-corrected chi connectivity index (χ1v) is 6.25. The van der Waals surface area contributed by atoms with Gasteiger partial charge in [0.15, 0.2) is 0 Å². The van der Waals surface area contributed by atoms with Crippen LogP contribution in [0.4, 0.5) is 0 Å². The van der Waals surface area contributed by atoms with E-state index in [1.54, 1.807) is 0 Å². The maximum absolute atomic E-state index is 9.74. The molecule has 1 aromatic rings. The van der Waals surface area contributed by atoms with Gasteiger partial charge in [0.25, 0.3) is 0 Å². The molecule has 0 aliphatic carbocycles. The molecule has 1 atom stereocenters. The number of para-hydroxylation sites is 1. The average molecular weight is 237 g/mol. The second kappa shape index (κ2) is 7.30. The molecule has 3 heteroatoms. The van der Waals surface area contributed by atoms with E-state index < -0.39 is 6.10 Å². The largest absolute Gasteiger partial charge is 0.491 e. The van der Waals surface area contributed by atoms with E-state index in [0.29, 0.717) is 19.2 Å². The Kier molecular flexibility index (Phi) is 6.01. The SMILES string of the molecule is CCc1ccccc1OC[C@H](O)CNC(C)C. The van der Waals surface area contributed by atoms with Crippen LogP contribution in [0.2, 0.25) is 0 Å². The van der Waals surface area contributed by atoms with Crippen LogP contribution in [-0.2, 0) is 6.42 Å².